The molecule has 0 aliphatic carbocycles. The Morgan fingerprint density at radius 2 is 1.80 bits per heavy atom. The quantitative estimate of drug-likeness (QED) is 0.285. The number of pyridine rings is 1. The molecule has 0 saturated heterocycles. The second-order valence-electron chi connectivity index (χ2n) is 8.42. The van der Waals surface area contributed by atoms with E-state index in [0.29, 0.717) is 38.0 Å². The van der Waals surface area contributed by atoms with Gasteiger partial charge >= 0.3 is 0 Å². The second-order valence-corrected chi connectivity index (χ2v) is 10.2. The van der Waals surface area contributed by atoms with Gasteiger partial charge in [-0.3, -0.25) is 9.59 Å². The van der Waals surface area contributed by atoms with Crippen molar-refractivity contribution in [3.63, 3.8) is 0 Å². The zero-order valence-electron chi connectivity index (χ0n) is 19.4. The number of amides is 2. The van der Waals surface area contributed by atoms with Crippen LogP contribution in [0.5, 0.6) is 0 Å². The van der Waals surface area contributed by atoms with E-state index in [1.54, 1.807) is 31.3 Å². The van der Waals surface area contributed by atoms with Crippen LogP contribution >= 0.6 is 39.1 Å². The predicted molar refractivity (Wildman–Crippen MR) is 143 cm³/mol. The van der Waals surface area contributed by atoms with Crippen LogP contribution in [0.1, 0.15) is 45.8 Å². The Morgan fingerprint density at radius 1 is 1.06 bits per heavy atom. The molecule has 0 unspecified atom stereocenters. The first kappa shape index (κ1) is 25.2. The van der Waals surface area contributed by atoms with Gasteiger partial charge in [0, 0.05) is 27.1 Å². The number of fused-ring (bicyclic) bond motifs is 1. The molecule has 10 heteroatoms. The Kier molecular flexibility index (Phi) is 7.17. The number of benzene rings is 2. The molecule has 0 atom stereocenters. The van der Waals surface area contributed by atoms with Crippen LogP contribution in [0.3, 0.4) is 0 Å². The summed E-state index contributed by atoms with van der Waals surface area (Å²) in [5, 5.41) is 11.8. The van der Waals surface area contributed by atoms with Gasteiger partial charge in [0.2, 0.25) is 0 Å². The summed E-state index contributed by atoms with van der Waals surface area (Å²) in [6.45, 7) is 7.40. The molecule has 0 spiro atoms. The van der Waals surface area contributed by atoms with Crippen LogP contribution in [-0.2, 0) is 0 Å². The van der Waals surface area contributed by atoms with Crippen LogP contribution in [0, 0.1) is 13.8 Å². The summed E-state index contributed by atoms with van der Waals surface area (Å²) >= 11 is 16.2. The molecular weight excluding hydrogens is 553 g/mol. The molecule has 0 bridgehead atoms. The fourth-order valence-corrected chi connectivity index (χ4v) is 4.87. The molecule has 2 aromatic heterocycles. The topological polar surface area (TPSA) is 88.9 Å². The van der Waals surface area contributed by atoms with E-state index in [2.05, 4.69) is 36.6 Å². The van der Waals surface area contributed by atoms with Crippen LogP contribution < -0.4 is 10.6 Å². The van der Waals surface area contributed by atoms with Crippen molar-refractivity contribution in [1.29, 1.82) is 0 Å². The molecule has 35 heavy (non-hydrogen) atoms. The standard InChI is InChI=1S/C25H22BrCl2N5O2/c1-12(2)30-24(34)18-11-16(27)9-14(4)20(18)31-25(35)22-17-10-15(26)8-13(3)21(17)32-33(22)23-19(28)6-5-7-29-23/h5-12H,1-4H3,(H,30,34)(H,31,35). The van der Waals surface area contributed by atoms with E-state index >= 15 is 0 Å². The number of rotatable bonds is 5. The van der Waals surface area contributed by atoms with Crippen molar-refractivity contribution in [2.75, 3.05) is 5.32 Å². The molecule has 0 radical (unpaired) electrons. The van der Waals surface area contributed by atoms with Crippen molar-refractivity contribution in [2.45, 2.75) is 33.7 Å². The lowest BCUT2D eigenvalue weighted by atomic mass is 10.1. The van der Waals surface area contributed by atoms with Crippen molar-refractivity contribution < 1.29 is 9.59 Å². The number of halogens is 3. The van der Waals surface area contributed by atoms with Crippen LogP contribution in [0.2, 0.25) is 10.0 Å². The van der Waals surface area contributed by atoms with Gasteiger partial charge in [0.05, 0.1) is 21.8 Å². The van der Waals surface area contributed by atoms with E-state index in [0.717, 1.165) is 10.0 Å². The number of nitrogens with zero attached hydrogens (tertiary/aromatic N) is 3. The zero-order valence-corrected chi connectivity index (χ0v) is 22.5. The van der Waals surface area contributed by atoms with Gasteiger partial charge in [-0.1, -0.05) is 39.1 Å². The number of aromatic nitrogens is 3. The lowest BCUT2D eigenvalue weighted by Crippen LogP contribution is -2.31. The van der Waals surface area contributed by atoms with E-state index in [9.17, 15) is 9.59 Å². The number of aryl methyl sites for hydroxylation is 2. The molecule has 0 fully saturated rings. The highest BCUT2D eigenvalue weighted by atomic mass is 79.9. The lowest BCUT2D eigenvalue weighted by molar-refractivity contribution is 0.0944. The monoisotopic (exact) mass is 573 g/mol. The summed E-state index contributed by atoms with van der Waals surface area (Å²) in [4.78, 5) is 31.1. The average molecular weight is 575 g/mol. The molecule has 4 rings (SSSR count). The molecule has 0 aliphatic rings. The summed E-state index contributed by atoms with van der Waals surface area (Å²) in [5.41, 5.74) is 3.00. The van der Waals surface area contributed by atoms with Gasteiger partial charge in [-0.25, -0.2) is 9.67 Å². The maximum Gasteiger partial charge on any atom is 0.275 e. The van der Waals surface area contributed by atoms with E-state index in [1.807, 2.05) is 32.9 Å². The molecule has 2 aromatic carbocycles. The number of anilines is 1. The third kappa shape index (κ3) is 5.05. The first-order chi connectivity index (χ1) is 16.6. The van der Waals surface area contributed by atoms with Gasteiger partial charge < -0.3 is 10.6 Å². The fourth-order valence-electron chi connectivity index (χ4n) is 3.82. The van der Waals surface area contributed by atoms with Gasteiger partial charge in [-0.05, 0) is 75.2 Å². The number of hydrogen-bond acceptors (Lipinski definition) is 4. The zero-order chi connectivity index (χ0) is 25.4. The summed E-state index contributed by atoms with van der Waals surface area (Å²) in [6.07, 6.45) is 1.58. The first-order valence-electron chi connectivity index (χ1n) is 10.8. The van der Waals surface area contributed by atoms with E-state index in [4.69, 9.17) is 23.2 Å². The van der Waals surface area contributed by atoms with Crippen molar-refractivity contribution in [3.8, 4) is 5.82 Å². The Morgan fingerprint density at radius 3 is 2.49 bits per heavy atom. The van der Waals surface area contributed by atoms with Crippen LogP contribution in [0.15, 0.2) is 47.1 Å². The number of carbonyl (C=O) groups excluding carboxylic acids is 2. The fraction of sp³-hybridized carbons (Fsp3) is 0.200. The Balaban J connectivity index is 1.90. The molecule has 2 amide bonds. The number of carbonyl (C=O) groups is 2. The normalized spacial score (nSPS) is 11.2. The molecule has 2 N–H and O–H groups in total. The van der Waals surface area contributed by atoms with Crippen molar-refractivity contribution >= 4 is 67.5 Å². The smallest absolute Gasteiger partial charge is 0.275 e. The number of hydrogen-bond donors (Lipinski definition) is 2. The van der Waals surface area contributed by atoms with Gasteiger partial charge in [0.25, 0.3) is 11.8 Å². The van der Waals surface area contributed by atoms with Crippen LogP contribution in [-0.4, -0.2) is 32.6 Å². The molecular formula is C25H22BrCl2N5O2. The van der Waals surface area contributed by atoms with Crippen LogP contribution in [0.25, 0.3) is 16.7 Å². The molecule has 0 aliphatic heterocycles. The second kappa shape index (κ2) is 9.97. The molecule has 0 saturated carbocycles. The van der Waals surface area contributed by atoms with Crippen molar-refractivity contribution in [2.24, 2.45) is 0 Å². The third-order valence-corrected chi connectivity index (χ3v) is 6.26. The maximum absolute atomic E-state index is 13.8. The third-order valence-electron chi connectivity index (χ3n) is 5.29. The van der Waals surface area contributed by atoms with E-state index in [-0.39, 0.29) is 23.2 Å². The predicted octanol–water partition coefficient (Wildman–Crippen LogP) is 6.50. The van der Waals surface area contributed by atoms with Crippen molar-refractivity contribution in [3.05, 3.63) is 79.5 Å². The molecule has 4 aromatic rings. The minimum Gasteiger partial charge on any atom is -0.350 e. The number of nitrogens with one attached hydrogen (secondary N) is 2. The minimum atomic E-state index is -0.476. The first-order valence-corrected chi connectivity index (χ1v) is 12.3. The largest absolute Gasteiger partial charge is 0.350 e. The van der Waals surface area contributed by atoms with Gasteiger partial charge in [-0.15, -0.1) is 0 Å². The molecule has 2 heterocycles. The summed E-state index contributed by atoms with van der Waals surface area (Å²) in [5.74, 6) is -0.502. The molecule has 180 valence electrons. The summed E-state index contributed by atoms with van der Waals surface area (Å²) in [6, 6.07) is 10.2. The van der Waals surface area contributed by atoms with E-state index in [1.165, 1.54) is 10.7 Å². The van der Waals surface area contributed by atoms with Crippen molar-refractivity contribution in [1.82, 2.24) is 20.1 Å². The van der Waals surface area contributed by atoms with E-state index < -0.39 is 5.91 Å². The minimum absolute atomic E-state index is 0.0951. The van der Waals surface area contributed by atoms with Gasteiger partial charge in [-0.2, -0.15) is 5.10 Å². The Labute approximate surface area is 221 Å². The Hall–Kier alpha value is -2.94. The Bertz CT molecular complexity index is 1480. The maximum atomic E-state index is 13.8. The SMILES string of the molecule is Cc1cc(Cl)cc(C(=O)NC(C)C)c1NC(=O)c1c2cc(Br)cc(C)c2nn1-c1ncccc1Cl. The highest BCUT2D eigenvalue weighted by Gasteiger charge is 2.25. The molecule has 7 nitrogen and oxygen atoms in total. The lowest BCUT2D eigenvalue weighted by Gasteiger charge is -2.16. The summed E-state index contributed by atoms with van der Waals surface area (Å²) in [7, 11) is 0. The van der Waals surface area contributed by atoms with Gasteiger partial charge in [0.1, 0.15) is 5.69 Å². The summed E-state index contributed by atoms with van der Waals surface area (Å²) < 4.78 is 2.23. The average Bonchev–Trinajstić information content (AvgIpc) is 3.14. The van der Waals surface area contributed by atoms with Crippen LogP contribution in [0.4, 0.5) is 5.69 Å². The van der Waals surface area contributed by atoms with Gasteiger partial charge in [0.15, 0.2) is 5.82 Å². The highest BCUT2D eigenvalue weighted by molar-refractivity contribution is 9.10. The highest BCUT2D eigenvalue weighted by Crippen LogP contribution is 2.32.